The standard InChI is InChI=1S/C16H20N2O2S/c1-13-8-11-21-15(13)12-18(2)16(19)17-9-10-20-14-6-4-3-5-7-14/h3-8,11H,9-10,12H2,1-2H3,(H,17,19). The zero-order valence-corrected chi connectivity index (χ0v) is 13.2. The van der Waals surface area contributed by atoms with Gasteiger partial charge in [-0.05, 0) is 36.1 Å². The highest BCUT2D eigenvalue weighted by Gasteiger charge is 2.10. The quantitative estimate of drug-likeness (QED) is 0.832. The summed E-state index contributed by atoms with van der Waals surface area (Å²) in [6, 6.07) is 11.6. The van der Waals surface area contributed by atoms with Gasteiger partial charge in [0, 0.05) is 11.9 Å². The molecule has 0 saturated heterocycles. The van der Waals surface area contributed by atoms with Gasteiger partial charge in [-0.15, -0.1) is 11.3 Å². The zero-order chi connectivity index (χ0) is 15.1. The second-order valence-corrected chi connectivity index (χ2v) is 5.78. The Hall–Kier alpha value is -2.01. The Kier molecular flexibility index (Phi) is 5.63. The summed E-state index contributed by atoms with van der Waals surface area (Å²) in [5, 5.41) is 4.90. The largest absolute Gasteiger partial charge is 0.492 e. The smallest absolute Gasteiger partial charge is 0.317 e. The monoisotopic (exact) mass is 304 g/mol. The summed E-state index contributed by atoms with van der Waals surface area (Å²) in [7, 11) is 1.80. The van der Waals surface area contributed by atoms with E-state index in [0.29, 0.717) is 19.7 Å². The van der Waals surface area contributed by atoms with Crippen LogP contribution in [0.15, 0.2) is 41.8 Å². The summed E-state index contributed by atoms with van der Waals surface area (Å²) in [6.45, 7) is 3.64. The van der Waals surface area contributed by atoms with Crippen LogP contribution in [0.4, 0.5) is 4.79 Å². The van der Waals surface area contributed by atoms with Gasteiger partial charge in [-0.3, -0.25) is 0 Å². The molecule has 0 saturated carbocycles. The van der Waals surface area contributed by atoms with Crippen LogP contribution in [0.3, 0.4) is 0 Å². The van der Waals surface area contributed by atoms with E-state index < -0.39 is 0 Å². The van der Waals surface area contributed by atoms with Gasteiger partial charge in [0.05, 0.1) is 13.1 Å². The van der Waals surface area contributed by atoms with Gasteiger partial charge < -0.3 is 15.0 Å². The molecule has 0 spiro atoms. The van der Waals surface area contributed by atoms with Gasteiger partial charge in [-0.25, -0.2) is 4.79 Å². The topological polar surface area (TPSA) is 41.6 Å². The Morgan fingerprint density at radius 3 is 2.71 bits per heavy atom. The van der Waals surface area contributed by atoms with Gasteiger partial charge in [0.15, 0.2) is 0 Å². The average molecular weight is 304 g/mol. The Balaban J connectivity index is 1.68. The molecule has 0 unspecified atom stereocenters. The highest BCUT2D eigenvalue weighted by Crippen LogP contribution is 2.17. The number of thiophene rings is 1. The van der Waals surface area contributed by atoms with Crippen LogP contribution in [0.25, 0.3) is 0 Å². The summed E-state index contributed by atoms with van der Waals surface area (Å²) in [5.74, 6) is 0.814. The summed E-state index contributed by atoms with van der Waals surface area (Å²) in [4.78, 5) is 14.9. The van der Waals surface area contributed by atoms with Crippen LogP contribution in [0.5, 0.6) is 5.75 Å². The number of hydrogen-bond acceptors (Lipinski definition) is 3. The number of hydrogen-bond donors (Lipinski definition) is 1. The predicted molar refractivity (Wildman–Crippen MR) is 85.9 cm³/mol. The van der Waals surface area contributed by atoms with E-state index in [9.17, 15) is 4.79 Å². The highest BCUT2D eigenvalue weighted by atomic mass is 32.1. The van der Waals surface area contributed by atoms with E-state index >= 15 is 0 Å². The minimum atomic E-state index is -0.0838. The van der Waals surface area contributed by atoms with Crippen molar-refractivity contribution in [3.63, 3.8) is 0 Å². The van der Waals surface area contributed by atoms with Crippen LogP contribution in [0, 0.1) is 6.92 Å². The fourth-order valence-corrected chi connectivity index (χ4v) is 2.79. The molecule has 1 aromatic heterocycles. The number of para-hydroxylation sites is 1. The number of carbonyl (C=O) groups is 1. The van der Waals surface area contributed by atoms with Crippen LogP contribution in [-0.2, 0) is 6.54 Å². The van der Waals surface area contributed by atoms with E-state index in [1.165, 1.54) is 10.4 Å². The Morgan fingerprint density at radius 1 is 1.29 bits per heavy atom. The molecule has 112 valence electrons. The highest BCUT2D eigenvalue weighted by molar-refractivity contribution is 7.10. The van der Waals surface area contributed by atoms with Gasteiger partial charge in [0.2, 0.25) is 0 Å². The summed E-state index contributed by atoms with van der Waals surface area (Å²) in [6.07, 6.45) is 0. The second-order valence-electron chi connectivity index (χ2n) is 4.78. The molecule has 1 N–H and O–H groups in total. The lowest BCUT2D eigenvalue weighted by Crippen LogP contribution is -2.38. The fraction of sp³-hybridized carbons (Fsp3) is 0.312. The van der Waals surface area contributed by atoms with Gasteiger partial charge in [-0.2, -0.15) is 0 Å². The molecule has 4 nitrogen and oxygen atoms in total. The first-order chi connectivity index (χ1) is 10.2. The zero-order valence-electron chi connectivity index (χ0n) is 12.3. The first kappa shape index (κ1) is 15.4. The van der Waals surface area contributed by atoms with Crippen LogP contribution < -0.4 is 10.1 Å². The molecular weight excluding hydrogens is 284 g/mol. The number of nitrogens with one attached hydrogen (secondary N) is 1. The number of rotatable bonds is 6. The van der Waals surface area contributed by atoms with Crippen molar-refractivity contribution in [1.29, 1.82) is 0 Å². The molecule has 0 atom stereocenters. The van der Waals surface area contributed by atoms with Crippen molar-refractivity contribution < 1.29 is 9.53 Å². The number of aryl methyl sites for hydroxylation is 1. The third-order valence-corrected chi connectivity index (χ3v) is 4.09. The predicted octanol–water partition coefficient (Wildman–Crippen LogP) is 3.28. The number of ether oxygens (including phenoxy) is 1. The Morgan fingerprint density at radius 2 is 2.05 bits per heavy atom. The fourth-order valence-electron chi connectivity index (χ4n) is 1.83. The van der Waals surface area contributed by atoms with E-state index in [0.717, 1.165) is 5.75 Å². The Bertz CT molecular complexity index is 569. The maximum atomic E-state index is 12.0. The van der Waals surface area contributed by atoms with Crippen molar-refractivity contribution in [3.05, 3.63) is 52.2 Å². The van der Waals surface area contributed by atoms with Gasteiger partial charge in [0.1, 0.15) is 12.4 Å². The summed E-state index contributed by atoms with van der Waals surface area (Å²) >= 11 is 1.67. The summed E-state index contributed by atoms with van der Waals surface area (Å²) < 4.78 is 5.53. The molecule has 1 heterocycles. The second kappa shape index (κ2) is 7.69. The lowest BCUT2D eigenvalue weighted by atomic mass is 10.3. The minimum Gasteiger partial charge on any atom is -0.492 e. The van der Waals surface area contributed by atoms with Crippen molar-refractivity contribution >= 4 is 17.4 Å². The molecule has 2 rings (SSSR count). The number of nitrogens with zero attached hydrogens (tertiary/aromatic N) is 1. The Labute approximate surface area is 129 Å². The third kappa shape index (κ3) is 4.79. The van der Waals surface area contributed by atoms with Crippen molar-refractivity contribution in [2.75, 3.05) is 20.2 Å². The number of benzene rings is 1. The molecular formula is C16H20N2O2S. The van der Waals surface area contributed by atoms with Gasteiger partial charge >= 0.3 is 6.03 Å². The molecule has 0 bridgehead atoms. The molecule has 1 aromatic carbocycles. The number of amides is 2. The van der Waals surface area contributed by atoms with Gasteiger partial charge in [0.25, 0.3) is 0 Å². The summed E-state index contributed by atoms with van der Waals surface area (Å²) in [5.41, 5.74) is 1.23. The molecule has 0 aliphatic carbocycles. The van der Waals surface area contributed by atoms with Crippen molar-refractivity contribution in [1.82, 2.24) is 10.2 Å². The lowest BCUT2D eigenvalue weighted by Gasteiger charge is -2.17. The normalized spacial score (nSPS) is 10.2. The van der Waals surface area contributed by atoms with Crippen LogP contribution in [0.2, 0.25) is 0 Å². The molecule has 0 fully saturated rings. The van der Waals surface area contributed by atoms with Crippen molar-refractivity contribution in [2.24, 2.45) is 0 Å². The van der Waals surface area contributed by atoms with Crippen molar-refractivity contribution in [3.8, 4) is 5.75 Å². The average Bonchev–Trinajstić information content (AvgIpc) is 2.89. The molecule has 0 radical (unpaired) electrons. The number of carbonyl (C=O) groups excluding carboxylic acids is 1. The molecule has 0 aliphatic rings. The maximum absolute atomic E-state index is 12.0. The minimum absolute atomic E-state index is 0.0838. The van der Waals surface area contributed by atoms with E-state index in [-0.39, 0.29) is 6.03 Å². The molecule has 0 aliphatic heterocycles. The maximum Gasteiger partial charge on any atom is 0.317 e. The first-order valence-corrected chi connectivity index (χ1v) is 7.74. The van der Waals surface area contributed by atoms with E-state index in [1.807, 2.05) is 35.7 Å². The van der Waals surface area contributed by atoms with Crippen molar-refractivity contribution in [2.45, 2.75) is 13.5 Å². The molecule has 5 heteroatoms. The SMILES string of the molecule is Cc1ccsc1CN(C)C(=O)NCCOc1ccccc1. The van der Waals surface area contributed by atoms with E-state index in [2.05, 4.69) is 18.3 Å². The molecule has 2 amide bonds. The third-order valence-electron chi connectivity index (χ3n) is 3.09. The number of urea groups is 1. The van der Waals surface area contributed by atoms with Crippen LogP contribution in [-0.4, -0.2) is 31.1 Å². The van der Waals surface area contributed by atoms with E-state index in [1.54, 1.807) is 23.3 Å². The van der Waals surface area contributed by atoms with Crippen LogP contribution in [0.1, 0.15) is 10.4 Å². The van der Waals surface area contributed by atoms with E-state index in [4.69, 9.17) is 4.74 Å². The van der Waals surface area contributed by atoms with Crippen LogP contribution >= 0.6 is 11.3 Å². The van der Waals surface area contributed by atoms with Gasteiger partial charge in [-0.1, -0.05) is 18.2 Å². The molecule has 2 aromatic rings. The lowest BCUT2D eigenvalue weighted by molar-refractivity contribution is 0.204. The first-order valence-electron chi connectivity index (χ1n) is 6.86. The molecule has 21 heavy (non-hydrogen) atoms.